The van der Waals surface area contributed by atoms with Crippen LogP contribution in [0.2, 0.25) is 0 Å². The molecule has 0 spiro atoms. The molecule has 1 aliphatic heterocycles. The highest BCUT2D eigenvalue weighted by Gasteiger charge is 2.23. The summed E-state index contributed by atoms with van der Waals surface area (Å²) < 4.78 is 5.37. The number of nitrogens with zero attached hydrogens (tertiary/aromatic N) is 1. The Bertz CT molecular complexity index is 436. The molecule has 3 N–H and O–H groups in total. The van der Waals surface area contributed by atoms with Crippen LogP contribution in [-0.4, -0.2) is 49.0 Å². The summed E-state index contributed by atoms with van der Waals surface area (Å²) in [7, 11) is 0. The lowest BCUT2D eigenvalue weighted by Crippen LogP contribution is -2.46. The molecule has 2 rings (SSSR count). The van der Waals surface area contributed by atoms with Crippen molar-refractivity contribution < 1.29 is 9.84 Å². The maximum absolute atomic E-state index is 9.34. The molecule has 0 aliphatic carbocycles. The first-order chi connectivity index (χ1) is 8.85. The van der Waals surface area contributed by atoms with Crippen LogP contribution in [0.15, 0.2) is 11.4 Å². The quantitative estimate of drug-likeness (QED) is 0.770. The van der Waals surface area contributed by atoms with E-state index in [1.807, 2.05) is 11.4 Å². The monoisotopic (exact) mass is 266 g/mol. The van der Waals surface area contributed by atoms with Crippen LogP contribution in [0.5, 0.6) is 0 Å². The van der Waals surface area contributed by atoms with E-state index >= 15 is 0 Å². The van der Waals surface area contributed by atoms with Crippen molar-refractivity contribution in [3.8, 4) is 11.8 Å². The molecule has 2 heterocycles. The zero-order valence-electron chi connectivity index (χ0n) is 10.3. The van der Waals surface area contributed by atoms with Gasteiger partial charge in [0, 0.05) is 23.5 Å². The van der Waals surface area contributed by atoms with Crippen LogP contribution in [0.4, 0.5) is 0 Å². The molecule has 0 radical (unpaired) electrons. The van der Waals surface area contributed by atoms with Crippen molar-refractivity contribution in [1.82, 2.24) is 4.90 Å². The fraction of sp³-hybridized carbons (Fsp3) is 0.538. The highest BCUT2D eigenvalue weighted by Crippen LogP contribution is 2.20. The summed E-state index contributed by atoms with van der Waals surface area (Å²) in [6.07, 6.45) is 0. The molecule has 1 aromatic heterocycles. The number of aliphatic hydroxyl groups excluding tert-OH is 1. The predicted molar refractivity (Wildman–Crippen MR) is 72.4 cm³/mol. The van der Waals surface area contributed by atoms with E-state index in [0.717, 1.165) is 25.3 Å². The summed E-state index contributed by atoms with van der Waals surface area (Å²) >= 11 is 1.70. The first-order valence-electron chi connectivity index (χ1n) is 6.03. The van der Waals surface area contributed by atoms with Gasteiger partial charge >= 0.3 is 0 Å². The first-order valence-corrected chi connectivity index (χ1v) is 6.91. The highest BCUT2D eigenvalue weighted by atomic mass is 32.1. The molecule has 18 heavy (non-hydrogen) atoms. The molecule has 1 fully saturated rings. The summed E-state index contributed by atoms with van der Waals surface area (Å²) in [4.78, 5) is 3.49. The number of aliphatic hydroxyl groups is 1. The van der Waals surface area contributed by atoms with Crippen molar-refractivity contribution in [3.05, 3.63) is 21.9 Å². The van der Waals surface area contributed by atoms with E-state index in [9.17, 15) is 5.11 Å². The number of hydrogen-bond donors (Lipinski definition) is 2. The summed E-state index contributed by atoms with van der Waals surface area (Å²) in [5, 5.41) is 11.4. The minimum atomic E-state index is 0.0937. The van der Waals surface area contributed by atoms with Crippen molar-refractivity contribution in [1.29, 1.82) is 0 Å². The Labute approximate surface area is 111 Å². The molecule has 1 unspecified atom stereocenters. The lowest BCUT2D eigenvalue weighted by molar-refractivity contribution is -0.0308. The Balaban J connectivity index is 2.06. The van der Waals surface area contributed by atoms with Gasteiger partial charge in [-0.3, -0.25) is 4.90 Å². The first kappa shape index (κ1) is 13.5. The molecule has 1 aromatic rings. The van der Waals surface area contributed by atoms with Gasteiger partial charge in [0.1, 0.15) is 0 Å². The van der Waals surface area contributed by atoms with Gasteiger partial charge in [-0.15, -0.1) is 11.3 Å². The summed E-state index contributed by atoms with van der Waals surface area (Å²) in [6.45, 7) is 3.52. The van der Waals surface area contributed by atoms with Gasteiger partial charge in [-0.1, -0.05) is 11.8 Å². The van der Waals surface area contributed by atoms with Crippen molar-refractivity contribution in [2.24, 2.45) is 5.73 Å². The van der Waals surface area contributed by atoms with Crippen LogP contribution >= 0.6 is 11.3 Å². The van der Waals surface area contributed by atoms with Crippen LogP contribution < -0.4 is 5.73 Å². The number of nitrogens with two attached hydrogens (primary N) is 1. The zero-order chi connectivity index (χ0) is 12.8. The molecule has 5 heteroatoms. The van der Waals surface area contributed by atoms with Gasteiger partial charge in [-0.05, 0) is 11.4 Å². The number of hydrogen-bond acceptors (Lipinski definition) is 5. The minimum Gasteiger partial charge on any atom is -0.395 e. The van der Waals surface area contributed by atoms with Gasteiger partial charge in [0.15, 0.2) is 0 Å². The third kappa shape index (κ3) is 3.31. The van der Waals surface area contributed by atoms with E-state index < -0.39 is 0 Å². The van der Waals surface area contributed by atoms with Crippen molar-refractivity contribution in [2.45, 2.75) is 12.6 Å². The van der Waals surface area contributed by atoms with Crippen molar-refractivity contribution in [3.63, 3.8) is 0 Å². The van der Waals surface area contributed by atoms with Crippen LogP contribution in [-0.2, 0) is 11.3 Å². The van der Waals surface area contributed by atoms with E-state index in [0.29, 0.717) is 13.2 Å². The number of ether oxygens (including phenoxy) is 1. The van der Waals surface area contributed by atoms with E-state index in [1.54, 1.807) is 11.3 Å². The fourth-order valence-electron chi connectivity index (χ4n) is 1.97. The van der Waals surface area contributed by atoms with Crippen LogP contribution in [0.25, 0.3) is 0 Å². The van der Waals surface area contributed by atoms with Crippen LogP contribution in [0.3, 0.4) is 0 Å². The zero-order valence-corrected chi connectivity index (χ0v) is 11.1. The number of morpholine rings is 1. The van der Waals surface area contributed by atoms with Gasteiger partial charge in [0.05, 0.1) is 32.4 Å². The average molecular weight is 266 g/mol. The Hall–Kier alpha value is -0.900. The second-order valence-electron chi connectivity index (χ2n) is 4.15. The molecule has 1 saturated heterocycles. The Morgan fingerprint density at radius 2 is 2.50 bits per heavy atom. The highest BCUT2D eigenvalue weighted by molar-refractivity contribution is 7.10. The molecule has 0 bridgehead atoms. The lowest BCUT2D eigenvalue weighted by Gasteiger charge is -2.34. The topological polar surface area (TPSA) is 58.7 Å². The second-order valence-corrected chi connectivity index (χ2v) is 5.15. The maximum atomic E-state index is 9.34. The lowest BCUT2D eigenvalue weighted by atomic mass is 10.2. The normalized spacial score (nSPS) is 20.4. The molecule has 98 valence electrons. The van der Waals surface area contributed by atoms with E-state index in [4.69, 9.17) is 10.5 Å². The molecular formula is C13H18N2O2S. The van der Waals surface area contributed by atoms with Gasteiger partial charge in [0.25, 0.3) is 0 Å². The van der Waals surface area contributed by atoms with Gasteiger partial charge in [-0.25, -0.2) is 0 Å². The van der Waals surface area contributed by atoms with Gasteiger partial charge in [-0.2, -0.15) is 0 Å². The molecule has 0 amide bonds. The Morgan fingerprint density at radius 3 is 3.28 bits per heavy atom. The third-order valence-corrected chi connectivity index (χ3v) is 3.88. The van der Waals surface area contributed by atoms with Crippen LogP contribution in [0.1, 0.15) is 10.4 Å². The molecule has 1 atom stereocenters. The molecule has 1 aliphatic rings. The third-order valence-electron chi connectivity index (χ3n) is 2.98. The molecular weight excluding hydrogens is 248 g/mol. The smallest absolute Gasteiger partial charge is 0.0645 e. The second kappa shape index (κ2) is 6.88. The van der Waals surface area contributed by atoms with Crippen molar-refractivity contribution in [2.75, 3.05) is 32.9 Å². The molecule has 0 aromatic carbocycles. The maximum Gasteiger partial charge on any atom is 0.0645 e. The SMILES string of the molecule is NCC#Cc1ccsc1CN1CCOCC1CO. The fourth-order valence-corrected chi connectivity index (χ4v) is 2.83. The number of rotatable bonds is 3. The molecule has 0 saturated carbocycles. The summed E-state index contributed by atoms with van der Waals surface area (Å²) in [5.74, 6) is 5.98. The van der Waals surface area contributed by atoms with E-state index in [1.165, 1.54) is 4.88 Å². The standard InChI is InChI=1S/C13H18N2O2S/c14-4-1-2-11-3-7-18-13(11)8-15-5-6-17-10-12(15)9-16/h3,7,12,16H,4-6,8-10,14H2. The Kier molecular flexibility index (Phi) is 5.17. The van der Waals surface area contributed by atoms with Crippen LogP contribution in [0, 0.1) is 11.8 Å². The minimum absolute atomic E-state index is 0.0937. The Morgan fingerprint density at radius 1 is 1.61 bits per heavy atom. The van der Waals surface area contributed by atoms with E-state index in [2.05, 4.69) is 16.7 Å². The van der Waals surface area contributed by atoms with Gasteiger partial charge in [0.2, 0.25) is 0 Å². The van der Waals surface area contributed by atoms with Gasteiger partial charge < -0.3 is 15.6 Å². The summed E-state index contributed by atoms with van der Waals surface area (Å²) in [6, 6.07) is 2.12. The molecule has 4 nitrogen and oxygen atoms in total. The summed E-state index contributed by atoms with van der Waals surface area (Å²) in [5.41, 5.74) is 6.44. The van der Waals surface area contributed by atoms with Crippen molar-refractivity contribution >= 4 is 11.3 Å². The van der Waals surface area contributed by atoms with E-state index in [-0.39, 0.29) is 12.6 Å². The largest absolute Gasteiger partial charge is 0.395 e. The predicted octanol–water partition coefficient (Wildman–Crippen LogP) is 0.251. The average Bonchev–Trinajstić information content (AvgIpc) is 2.84. The number of thiophene rings is 1.